The lowest BCUT2D eigenvalue weighted by Crippen LogP contribution is -2.09. The number of hydrogen-bond donors (Lipinski definition) is 1. The number of anilines is 1. The summed E-state index contributed by atoms with van der Waals surface area (Å²) >= 11 is 0. The number of amides is 1. The SMILES string of the molecule is CCc1ccccc1NC(=O)/C=C/c1ccc(OCC(C)C)c(OC)c1. The first kappa shape index (κ1) is 19.6. The molecule has 0 aliphatic rings. The fraction of sp³-hybridized carbons (Fsp3) is 0.318. The fourth-order valence-corrected chi connectivity index (χ4v) is 2.46. The van der Waals surface area contributed by atoms with Crippen LogP contribution >= 0.6 is 0 Å². The van der Waals surface area contributed by atoms with Crippen LogP contribution in [0.5, 0.6) is 11.5 Å². The number of benzene rings is 2. The van der Waals surface area contributed by atoms with Gasteiger partial charge >= 0.3 is 0 Å². The summed E-state index contributed by atoms with van der Waals surface area (Å²) in [6, 6.07) is 13.4. The monoisotopic (exact) mass is 353 g/mol. The number of carbonyl (C=O) groups excluding carboxylic acids is 1. The number of aryl methyl sites for hydroxylation is 1. The standard InChI is InChI=1S/C22H27NO3/c1-5-18-8-6-7-9-19(18)23-22(24)13-11-17-10-12-20(21(14-17)25-4)26-15-16(2)3/h6-14,16H,5,15H2,1-4H3,(H,23,24)/b13-11+. The molecule has 0 atom stereocenters. The van der Waals surface area contributed by atoms with E-state index in [-0.39, 0.29) is 5.91 Å². The van der Waals surface area contributed by atoms with Crippen LogP contribution in [0.25, 0.3) is 6.08 Å². The van der Waals surface area contributed by atoms with Crippen LogP contribution in [-0.4, -0.2) is 19.6 Å². The van der Waals surface area contributed by atoms with Gasteiger partial charge in [-0.05, 0) is 47.7 Å². The highest BCUT2D eigenvalue weighted by Crippen LogP contribution is 2.29. The molecular formula is C22H27NO3. The van der Waals surface area contributed by atoms with E-state index in [9.17, 15) is 4.79 Å². The van der Waals surface area contributed by atoms with Crippen molar-refractivity contribution in [1.82, 2.24) is 0 Å². The zero-order valence-electron chi connectivity index (χ0n) is 15.9. The number of ether oxygens (including phenoxy) is 2. The predicted molar refractivity (Wildman–Crippen MR) is 107 cm³/mol. The third-order valence-corrected chi connectivity index (χ3v) is 3.84. The van der Waals surface area contributed by atoms with Gasteiger partial charge in [0.25, 0.3) is 0 Å². The molecule has 0 aliphatic carbocycles. The van der Waals surface area contributed by atoms with Crippen molar-refractivity contribution < 1.29 is 14.3 Å². The number of rotatable bonds is 8. The second-order valence-corrected chi connectivity index (χ2v) is 6.45. The van der Waals surface area contributed by atoms with E-state index in [1.54, 1.807) is 13.2 Å². The first-order valence-corrected chi connectivity index (χ1v) is 8.91. The Labute approximate surface area is 155 Å². The Morgan fingerprint density at radius 1 is 1.15 bits per heavy atom. The van der Waals surface area contributed by atoms with E-state index in [0.717, 1.165) is 23.2 Å². The van der Waals surface area contributed by atoms with Gasteiger partial charge in [0, 0.05) is 11.8 Å². The molecular weight excluding hydrogens is 326 g/mol. The van der Waals surface area contributed by atoms with Gasteiger partial charge < -0.3 is 14.8 Å². The molecule has 0 unspecified atom stereocenters. The van der Waals surface area contributed by atoms with Gasteiger partial charge in [-0.25, -0.2) is 0 Å². The van der Waals surface area contributed by atoms with Gasteiger partial charge in [-0.1, -0.05) is 45.0 Å². The van der Waals surface area contributed by atoms with Crippen molar-refractivity contribution in [2.45, 2.75) is 27.2 Å². The van der Waals surface area contributed by atoms with Crippen LogP contribution in [0.3, 0.4) is 0 Å². The maximum Gasteiger partial charge on any atom is 0.248 e. The van der Waals surface area contributed by atoms with E-state index in [1.165, 1.54) is 6.08 Å². The van der Waals surface area contributed by atoms with Crippen LogP contribution in [-0.2, 0) is 11.2 Å². The first-order chi connectivity index (χ1) is 12.5. The molecule has 2 aromatic rings. The fourth-order valence-electron chi connectivity index (χ4n) is 2.46. The minimum absolute atomic E-state index is 0.162. The normalized spacial score (nSPS) is 11.0. The molecule has 0 heterocycles. The highest BCUT2D eigenvalue weighted by Gasteiger charge is 2.07. The van der Waals surface area contributed by atoms with Gasteiger partial charge in [0.2, 0.25) is 5.91 Å². The van der Waals surface area contributed by atoms with Crippen LogP contribution in [0.4, 0.5) is 5.69 Å². The number of methoxy groups -OCH3 is 1. The van der Waals surface area contributed by atoms with Crippen LogP contribution in [0.1, 0.15) is 31.9 Å². The largest absolute Gasteiger partial charge is 0.493 e. The topological polar surface area (TPSA) is 47.6 Å². The van der Waals surface area contributed by atoms with Gasteiger partial charge in [-0.2, -0.15) is 0 Å². The molecule has 2 aromatic carbocycles. The zero-order valence-corrected chi connectivity index (χ0v) is 15.9. The molecule has 0 saturated carbocycles. The lowest BCUT2D eigenvalue weighted by atomic mass is 10.1. The number of para-hydroxylation sites is 1. The molecule has 0 fully saturated rings. The van der Waals surface area contributed by atoms with Crippen molar-refractivity contribution >= 4 is 17.7 Å². The molecule has 0 aliphatic heterocycles. The average Bonchev–Trinajstić information content (AvgIpc) is 2.65. The molecule has 1 N–H and O–H groups in total. The molecule has 0 radical (unpaired) electrons. The van der Waals surface area contributed by atoms with Crippen molar-refractivity contribution in [2.75, 3.05) is 19.0 Å². The van der Waals surface area contributed by atoms with E-state index in [1.807, 2.05) is 42.5 Å². The lowest BCUT2D eigenvalue weighted by Gasteiger charge is -2.12. The van der Waals surface area contributed by atoms with Crippen LogP contribution in [0.2, 0.25) is 0 Å². The number of nitrogens with one attached hydrogen (secondary N) is 1. The van der Waals surface area contributed by atoms with Gasteiger partial charge in [0.05, 0.1) is 13.7 Å². The third kappa shape index (κ3) is 5.66. The highest BCUT2D eigenvalue weighted by molar-refractivity contribution is 6.02. The van der Waals surface area contributed by atoms with Gasteiger partial charge in [-0.15, -0.1) is 0 Å². The minimum atomic E-state index is -0.162. The summed E-state index contributed by atoms with van der Waals surface area (Å²) in [4.78, 5) is 12.2. The Hall–Kier alpha value is -2.75. The number of carbonyl (C=O) groups is 1. The molecule has 2 rings (SSSR count). The molecule has 4 heteroatoms. The maximum absolute atomic E-state index is 12.2. The molecule has 0 aromatic heterocycles. The van der Waals surface area contributed by atoms with E-state index in [0.29, 0.717) is 24.0 Å². The van der Waals surface area contributed by atoms with Crippen LogP contribution in [0, 0.1) is 5.92 Å². The Kier molecular flexibility index (Phi) is 7.27. The predicted octanol–water partition coefficient (Wildman–Crippen LogP) is 4.94. The summed E-state index contributed by atoms with van der Waals surface area (Å²) < 4.78 is 11.1. The highest BCUT2D eigenvalue weighted by atomic mass is 16.5. The Morgan fingerprint density at radius 2 is 1.92 bits per heavy atom. The zero-order chi connectivity index (χ0) is 18.9. The summed E-state index contributed by atoms with van der Waals surface area (Å²) in [5.74, 6) is 1.64. The second-order valence-electron chi connectivity index (χ2n) is 6.45. The van der Waals surface area contributed by atoms with Gasteiger partial charge in [0.15, 0.2) is 11.5 Å². The third-order valence-electron chi connectivity index (χ3n) is 3.84. The molecule has 138 valence electrons. The van der Waals surface area contributed by atoms with Crippen molar-refractivity contribution in [3.8, 4) is 11.5 Å². The van der Waals surface area contributed by atoms with E-state index in [4.69, 9.17) is 9.47 Å². The van der Waals surface area contributed by atoms with Gasteiger partial charge in [-0.3, -0.25) is 4.79 Å². The van der Waals surface area contributed by atoms with E-state index in [2.05, 4.69) is 26.1 Å². The minimum Gasteiger partial charge on any atom is -0.493 e. The average molecular weight is 353 g/mol. The molecule has 4 nitrogen and oxygen atoms in total. The molecule has 0 saturated heterocycles. The van der Waals surface area contributed by atoms with Crippen molar-refractivity contribution in [2.24, 2.45) is 5.92 Å². The summed E-state index contributed by atoms with van der Waals surface area (Å²) in [6.07, 6.45) is 4.16. The van der Waals surface area contributed by atoms with E-state index >= 15 is 0 Å². The second kappa shape index (κ2) is 9.66. The summed E-state index contributed by atoms with van der Waals surface area (Å²) in [5.41, 5.74) is 2.83. The van der Waals surface area contributed by atoms with Crippen molar-refractivity contribution in [1.29, 1.82) is 0 Å². The molecule has 0 spiro atoms. The molecule has 26 heavy (non-hydrogen) atoms. The van der Waals surface area contributed by atoms with Crippen molar-refractivity contribution in [3.63, 3.8) is 0 Å². The summed E-state index contributed by atoms with van der Waals surface area (Å²) in [6.45, 7) is 6.89. The van der Waals surface area contributed by atoms with Crippen molar-refractivity contribution in [3.05, 3.63) is 59.7 Å². The van der Waals surface area contributed by atoms with Crippen LogP contribution in [0.15, 0.2) is 48.5 Å². The molecule has 1 amide bonds. The van der Waals surface area contributed by atoms with Crippen LogP contribution < -0.4 is 14.8 Å². The lowest BCUT2D eigenvalue weighted by molar-refractivity contribution is -0.111. The maximum atomic E-state index is 12.2. The first-order valence-electron chi connectivity index (χ1n) is 8.91. The Bertz CT molecular complexity index is 766. The quantitative estimate of drug-likeness (QED) is 0.684. The Balaban J connectivity index is 2.06. The van der Waals surface area contributed by atoms with E-state index < -0.39 is 0 Å². The number of hydrogen-bond acceptors (Lipinski definition) is 3. The Morgan fingerprint density at radius 3 is 2.62 bits per heavy atom. The summed E-state index contributed by atoms with van der Waals surface area (Å²) in [5, 5.41) is 2.92. The smallest absolute Gasteiger partial charge is 0.248 e. The molecule has 0 bridgehead atoms. The summed E-state index contributed by atoms with van der Waals surface area (Å²) in [7, 11) is 1.61. The van der Waals surface area contributed by atoms with Gasteiger partial charge in [0.1, 0.15) is 0 Å².